The van der Waals surface area contributed by atoms with Crippen molar-refractivity contribution in [3.8, 4) is 84.5 Å². The lowest BCUT2D eigenvalue weighted by Gasteiger charge is -2.17. The van der Waals surface area contributed by atoms with Crippen molar-refractivity contribution in [2.24, 2.45) is 0 Å². The van der Waals surface area contributed by atoms with Gasteiger partial charge in [0, 0.05) is 22.3 Å². The summed E-state index contributed by atoms with van der Waals surface area (Å²) in [7, 11) is 0. The van der Waals surface area contributed by atoms with E-state index < -0.39 is 0 Å². The van der Waals surface area contributed by atoms with E-state index in [0.717, 1.165) is 61.5 Å². The molecule has 9 rings (SSSR count). The van der Waals surface area contributed by atoms with Crippen LogP contribution in [0.2, 0.25) is 0 Å². The van der Waals surface area contributed by atoms with Crippen LogP contribution in [0.5, 0.6) is 0 Å². The molecule has 0 saturated carbocycles. The second-order valence-corrected chi connectivity index (χ2v) is 13.3. The molecule has 0 spiro atoms. The summed E-state index contributed by atoms with van der Waals surface area (Å²) >= 11 is 0. The topological polar surface area (TPSA) is 49.6 Å². The first-order chi connectivity index (χ1) is 26.7. The molecule has 9 aromatic rings. The Labute approximate surface area is 315 Å². The lowest BCUT2D eigenvalue weighted by molar-refractivity contribution is 1.18. The predicted octanol–water partition coefficient (Wildman–Crippen LogP) is 13.2. The van der Waals surface area contributed by atoms with Crippen LogP contribution < -0.4 is 0 Å². The Balaban J connectivity index is 1.13. The molecule has 3 heteroatoms. The highest BCUT2D eigenvalue weighted by Crippen LogP contribution is 2.41. The summed E-state index contributed by atoms with van der Waals surface area (Å²) in [6.45, 7) is 0. The molecular weight excluding hydrogens is 655 g/mol. The molecule has 3 nitrogen and oxygen atoms in total. The van der Waals surface area contributed by atoms with Gasteiger partial charge in [0.25, 0.3) is 0 Å². The minimum atomic E-state index is 0.664. The van der Waals surface area contributed by atoms with Gasteiger partial charge in [0.1, 0.15) is 0 Å². The van der Waals surface area contributed by atoms with E-state index in [2.05, 4.69) is 152 Å². The molecule has 0 atom stereocenters. The molecule has 0 fully saturated rings. The Kier molecular flexibility index (Phi) is 8.61. The highest BCUT2D eigenvalue weighted by molar-refractivity contribution is 6.05. The number of fused-ring (bicyclic) bond motifs is 1. The third-order valence-corrected chi connectivity index (χ3v) is 9.99. The molecule has 0 bridgehead atoms. The zero-order chi connectivity index (χ0) is 36.3. The molecule has 252 valence electrons. The van der Waals surface area contributed by atoms with Gasteiger partial charge < -0.3 is 0 Å². The molecule has 1 heterocycles. The van der Waals surface area contributed by atoms with Gasteiger partial charge in [-0.25, -0.2) is 9.97 Å². The van der Waals surface area contributed by atoms with E-state index in [4.69, 9.17) is 9.97 Å². The van der Waals surface area contributed by atoms with Crippen molar-refractivity contribution in [2.75, 3.05) is 0 Å². The molecule has 0 N–H and O–H groups in total. The summed E-state index contributed by atoms with van der Waals surface area (Å²) in [5, 5.41) is 11.6. The fourth-order valence-electron chi connectivity index (χ4n) is 7.26. The van der Waals surface area contributed by atoms with Crippen molar-refractivity contribution in [2.45, 2.75) is 0 Å². The first-order valence-corrected chi connectivity index (χ1v) is 18.1. The maximum absolute atomic E-state index is 9.18. The third kappa shape index (κ3) is 6.23. The van der Waals surface area contributed by atoms with Crippen molar-refractivity contribution in [1.82, 2.24) is 9.97 Å². The maximum atomic E-state index is 9.18. The van der Waals surface area contributed by atoms with Crippen LogP contribution in [0.25, 0.3) is 89.2 Å². The van der Waals surface area contributed by atoms with E-state index in [-0.39, 0.29) is 0 Å². The summed E-state index contributed by atoms with van der Waals surface area (Å²) < 4.78 is 0. The van der Waals surface area contributed by atoms with Crippen LogP contribution in [0.1, 0.15) is 5.56 Å². The molecule has 8 aromatic carbocycles. The Morgan fingerprint density at radius 1 is 0.315 bits per heavy atom. The Bertz CT molecular complexity index is 2770. The molecule has 54 heavy (non-hydrogen) atoms. The zero-order valence-corrected chi connectivity index (χ0v) is 29.4. The van der Waals surface area contributed by atoms with E-state index in [1.165, 1.54) is 21.9 Å². The average molecular weight is 688 g/mol. The molecule has 0 amide bonds. The standard InChI is InChI=1S/C51H33N3/c52-34-35-20-22-36(23-21-35)37-24-26-38(27-25-37)44-32-33-45(47-19-11-10-18-46(44)47)39-28-30-42(31-29-39)50-48(40-12-4-1-5-13-40)49(41-14-6-2-7-15-41)53-51(54-50)43-16-8-3-9-17-43/h1-33H. The second kappa shape index (κ2) is 14.3. The minimum absolute atomic E-state index is 0.664. The van der Waals surface area contributed by atoms with Gasteiger partial charge in [-0.05, 0) is 61.8 Å². The molecule has 0 aliphatic carbocycles. The fraction of sp³-hybridized carbons (Fsp3) is 0. The SMILES string of the molecule is N#Cc1ccc(-c2ccc(-c3ccc(-c4ccc(-c5nc(-c6ccccc6)nc(-c6ccccc6)c5-c5ccccc5)cc4)c4ccccc34)cc2)cc1. The molecule has 0 unspecified atom stereocenters. The quantitative estimate of drug-likeness (QED) is 0.168. The van der Waals surface area contributed by atoms with Crippen molar-refractivity contribution < 1.29 is 0 Å². The van der Waals surface area contributed by atoms with E-state index in [0.29, 0.717) is 11.4 Å². The summed E-state index contributed by atoms with van der Waals surface area (Å²) in [5.74, 6) is 0.694. The van der Waals surface area contributed by atoms with Crippen molar-refractivity contribution in [1.29, 1.82) is 5.26 Å². The van der Waals surface area contributed by atoms with Crippen LogP contribution in [0.4, 0.5) is 0 Å². The van der Waals surface area contributed by atoms with Gasteiger partial charge in [0.15, 0.2) is 5.82 Å². The fourth-order valence-corrected chi connectivity index (χ4v) is 7.26. The zero-order valence-electron chi connectivity index (χ0n) is 29.4. The highest BCUT2D eigenvalue weighted by Gasteiger charge is 2.20. The first-order valence-electron chi connectivity index (χ1n) is 18.1. The first kappa shape index (κ1) is 32.5. The van der Waals surface area contributed by atoms with Gasteiger partial charge in [-0.3, -0.25) is 0 Å². The number of hydrogen-bond donors (Lipinski definition) is 0. The van der Waals surface area contributed by atoms with Crippen molar-refractivity contribution in [3.05, 3.63) is 206 Å². The molecule has 0 aliphatic heterocycles. The molecular formula is C51H33N3. The van der Waals surface area contributed by atoms with Crippen molar-refractivity contribution >= 4 is 10.8 Å². The summed E-state index contributed by atoms with van der Waals surface area (Å²) in [6, 6.07) is 71.6. The molecule has 0 aliphatic rings. The van der Waals surface area contributed by atoms with Crippen molar-refractivity contribution in [3.63, 3.8) is 0 Å². The van der Waals surface area contributed by atoms with Crippen LogP contribution >= 0.6 is 0 Å². The third-order valence-electron chi connectivity index (χ3n) is 9.99. The predicted molar refractivity (Wildman–Crippen MR) is 222 cm³/mol. The van der Waals surface area contributed by atoms with Gasteiger partial charge >= 0.3 is 0 Å². The largest absolute Gasteiger partial charge is 0.227 e. The van der Waals surface area contributed by atoms with Gasteiger partial charge in [-0.2, -0.15) is 5.26 Å². The maximum Gasteiger partial charge on any atom is 0.160 e. The van der Waals surface area contributed by atoms with Crippen LogP contribution in [0.15, 0.2) is 200 Å². The van der Waals surface area contributed by atoms with Crippen LogP contribution in [0.3, 0.4) is 0 Å². The van der Waals surface area contributed by atoms with Crippen LogP contribution in [-0.2, 0) is 0 Å². The van der Waals surface area contributed by atoms with Gasteiger partial charge in [-0.15, -0.1) is 0 Å². The van der Waals surface area contributed by atoms with Gasteiger partial charge in [0.2, 0.25) is 0 Å². The highest BCUT2D eigenvalue weighted by atomic mass is 14.9. The van der Waals surface area contributed by atoms with E-state index in [9.17, 15) is 5.26 Å². The van der Waals surface area contributed by atoms with Crippen LogP contribution in [-0.4, -0.2) is 9.97 Å². The number of nitrogens with zero attached hydrogens (tertiary/aromatic N) is 3. The van der Waals surface area contributed by atoms with E-state index in [1.54, 1.807) is 0 Å². The smallest absolute Gasteiger partial charge is 0.160 e. The van der Waals surface area contributed by atoms with Gasteiger partial charge in [-0.1, -0.05) is 188 Å². The van der Waals surface area contributed by atoms with Gasteiger partial charge in [0.05, 0.1) is 23.0 Å². The minimum Gasteiger partial charge on any atom is -0.227 e. The number of rotatable bonds is 7. The Hall–Kier alpha value is -7.41. The Morgan fingerprint density at radius 2 is 0.685 bits per heavy atom. The number of benzene rings is 8. The normalized spacial score (nSPS) is 10.9. The van der Waals surface area contributed by atoms with E-state index in [1.807, 2.05) is 54.6 Å². The average Bonchev–Trinajstić information content (AvgIpc) is 3.26. The number of hydrogen-bond acceptors (Lipinski definition) is 3. The second-order valence-electron chi connectivity index (χ2n) is 13.3. The molecule has 0 saturated heterocycles. The van der Waals surface area contributed by atoms with E-state index >= 15 is 0 Å². The monoisotopic (exact) mass is 687 g/mol. The number of aromatic nitrogens is 2. The lowest BCUT2D eigenvalue weighted by Crippen LogP contribution is -2.00. The molecule has 1 aromatic heterocycles. The molecule has 0 radical (unpaired) electrons. The Morgan fingerprint density at radius 3 is 1.17 bits per heavy atom. The van der Waals surface area contributed by atoms with Crippen LogP contribution in [0, 0.1) is 11.3 Å². The summed E-state index contributed by atoms with van der Waals surface area (Å²) in [6.07, 6.45) is 0. The summed E-state index contributed by atoms with van der Waals surface area (Å²) in [5.41, 5.74) is 14.5. The number of nitriles is 1. The summed E-state index contributed by atoms with van der Waals surface area (Å²) in [4.78, 5) is 10.5. The lowest BCUT2D eigenvalue weighted by atomic mass is 9.90.